The van der Waals surface area contributed by atoms with Crippen LogP contribution in [0.25, 0.3) is 0 Å². The monoisotopic (exact) mass is 410 g/mol. The lowest BCUT2D eigenvalue weighted by atomic mass is 10.2. The largest absolute Gasteiger partial charge is 0.495 e. The summed E-state index contributed by atoms with van der Waals surface area (Å²) in [4.78, 5) is 0.0721. The minimum Gasteiger partial charge on any atom is -0.495 e. The van der Waals surface area contributed by atoms with Crippen LogP contribution in [0.1, 0.15) is 18.4 Å². The van der Waals surface area contributed by atoms with Gasteiger partial charge in [0.1, 0.15) is 5.75 Å². The molecule has 1 heterocycles. The van der Waals surface area contributed by atoms with Crippen LogP contribution in [0.4, 0.5) is 5.69 Å². The molecule has 1 N–H and O–H groups in total. The Hall–Kier alpha value is -2.10. The highest BCUT2D eigenvalue weighted by molar-refractivity contribution is 7.92. The molecule has 3 rings (SSSR count). The minimum atomic E-state index is -3.88. The van der Waals surface area contributed by atoms with E-state index in [1.165, 1.54) is 35.7 Å². The quantitative estimate of drug-likeness (QED) is 0.790. The molecule has 1 aliphatic heterocycles. The fourth-order valence-electron chi connectivity index (χ4n) is 2.97. The Kier molecular flexibility index (Phi) is 5.45. The number of nitrogens with one attached hydrogen (secondary N) is 1. The van der Waals surface area contributed by atoms with E-state index in [2.05, 4.69) is 4.72 Å². The number of benzene rings is 2. The number of aryl methyl sites for hydroxylation is 1. The lowest BCUT2D eigenvalue weighted by Gasteiger charge is -2.16. The molecule has 0 aromatic heterocycles. The van der Waals surface area contributed by atoms with Crippen molar-refractivity contribution in [2.75, 3.05) is 24.9 Å². The predicted octanol–water partition coefficient (Wildman–Crippen LogP) is 2.59. The van der Waals surface area contributed by atoms with Crippen molar-refractivity contribution in [1.29, 1.82) is 0 Å². The third-order valence-corrected chi connectivity index (χ3v) is 7.73. The first-order valence-electron chi connectivity index (χ1n) is 8.52. The van der Waals surface area contributed by atoms with Crippen LogP contribution in [0.15, 0.2) is 52.3 Å². The average molecular weight is 411 g/mol. The summed E-state index contributed by atoms with van der Waals surface area (Å²) in [7, 11) is -6.00. The Balaban J connectivity index is 1.87. The van der Waals surface area contributed by atoms with Gasteiger partial charge in [-0.2, -0.15) is 4.31 Å². The number of nitrogens with zero attached hydrogens (tertiary/aromatic N) is 1. The summed E-state index contributed by atoms with van der Waals surface area (Å²) in [5.74, 6) is 0.400. The van der Waals surface area contributed by atoms with Crippen LogP contribution in [-0.2, 0) is 20.0 Å². The topological polar surface area (TPSA) is 92.8 Å². The second-order valence-electron chi connectivity index (χ2n) is 6.39. The number of hydrogen-bond acceptors (Lipinski definition) is 5. The fraction of sp³-hybridized carbons (Fsp3) is 0.333. The molecular weight excluding hydrogens is 388 g/mol. The van der Waals surface area contributed by atoms with Gasteiger partial charge in [0.15, 0.2) is 0 Å². The Labute approximate surface area is 160 Å². The van der Waals surface area contributed by atoms with Crippen LogP contribution < -0.4 is 9.46 Å². The van der Waals surface area contributed by atoms with E-state index in [0.717, 1.165) is 18.4 Å². The van der Waals surface area contributed by atoms with Crippen LogP contribution in [0.5, 0.6) is 5.75 Å². The maximum Gasteiger partial charge on any atom is 0.262 e. The zero-order valence-electron chi connectivity index (χ0n) is 15.2. The summed E-state index contributed by atoms with van der Waals surface area (Å²) in [5, 5.41) is 0. The average Bonchev–Trinajstić information content (AvgIpc) is 3.17. The van der Waals surface area contributed by atoms with Crippen LogP contribution in [0.2, 0.25) is 0 Å². The van der Waals surface area contributed by atoms with Gasteiger partial charge in [0.2, 0.25) is 10.0 Å². The summed E-state index contributed by atoms with van der Waals surface area (Å²) >= 11 is 0. The third kappa shape index (κ3) is 4.10. The SMILES string of the molecule is COc1ccc(C)cc1NS(=O)(=O)c1ccc(S(=O)(=O)N2CCCC2)cc1. The second kappa shape index (κ2) is 7.49. The number of anilines is 1. The van der Waals surface area contributed by atoms with Gasteiger partial charge >= 0.3 is 0 Å². The van der Waals surface area contributed by atoms with Crippen molar-refractivity contribution in [1.82, 2.24) is 4.31 Å². The number of rotatable bonds is 6. The van der Waals surface area contributed by atoms with Gasteiger partial charge < -0.3 is 4.74 Å². The molecule has 0 amide bonds. The van der Waals surface area contributed by atoms with Gasteiger partial charge in [0.05, 0.1) is 22.6 Å². The van der Waals surface area contributed by atoms with Crippen molar-refractivity contribution in [3.63, 3.8) is 0 Å². The van der Waals surface area contributed by atoms with Crippen molar-refractivity contribution in [2.24, 2.45) is 0 Å². The molecule has 0 saturated carbocycles. The molecule has 146 valence electrons. The maximum atomic E-state index is 12.7. The number of methoxy groups -OCH3 is 1. The lowest BCUT2D eigenvalue weighted by Crippen LogP contribution is -2.27. The molecule has 2 aromatic rings. The van der Waals surface area contributed by atoms with E-state index in [4.69, 9.17) is 4.74 Å². The predicted molar refractivity (Wildman–Crippen MR) is 103 cm³/mol. The van der Waals surface area contributed by atoms with E-state index in [0.29, 0.717) is 24.5 Å². The molecule has 0 aliphatic carbocycles. The van der Waals surface area contributed by atoms with E-state index in [1.807, 2.05) is 13.0 Å². The Morgan fingerprint density at radius 1 is 0.926 bits per heavy atom. The van der Waals surface area contributed by atoms with Gasteiger partial charge in [0, 0.05) is 13.1 Å². The van der Waals surface area contributed by atoms with Crippen molar-refractivity contribution in [3.05, 3.63) is 48.0 Å². The van der Waals surface area contributed by atoms with Gasteiger partial charge in [-0.3, -0.25) is 4.72 Å². The molecule has 27 heavy (non-hydrogen) atoms. The highest BCUT2D eigenvalue weighted by atomic mass is 32.2. The summed E-state index contributed by atoms with van der Waals surface area (Å²) in [6.45, 7) is 2.84. The van der Waals surface area contributed by atoms with Crippen LogP contribution in [-0.4, -0.2) is 41.3 Å². The van der Waals surface area contributed by atoms with E-state index < -0.39 is 20.0 Å². The Morgan fingerprint density at radius 2 is 1.52 bits per heavy atom. The summed E-state index contributed by atoms with van der Waals surface area (Å²) in [6, 6.07) is 10.4. The number of ether oxygens (including phenoxy) is 1. The zero-order chi connectivity index (χ0) is 19.7. The summed E-state index contributed by atoms with van der Waals surface area (Å²) in [6.07, 6.45) is 1.68. The fourth-order valence-corrected chi connectivity index (χ4v) is 5.55. The molecule has 0 bridgehead atoms. The maximum absolute atomic E-state index is 12.7. The molecule has 7 nitrogen and oxygen atoms in total. The van der Waals surface area contributed by atoms with E-state index in [9.17, 15) is 16.8 Å². The number of sulfonamides is 2. The molecule has 1 aliphatic rings. The summed E-state index contributed by atoms with van der Waals surface area (Å²) < 4.78 is 59.6. The number of hydrogen-bond donors (Lipinski definition) is 1. The molecule has 0 radical (unpaired) electrons. The molecule has 2 aromatic carbocycles. The molecule has 0 atom stereocenters. The second-order valence-corrected chi connectivity index (χ2v) is 10.0. The molecule has 9 heteroatoms. The van der Waals surface area contributed by atoms with E-state index in [-0.39, 0.29) is 9.79 Å². The molecular formula is C18H22N2O5S2. The Bertz CT molecular complexity index is 1030. The first-order chi connectivity index (χ1) is 12.7. The normalized spacial score (nSPS) is 15.6. The van der Waals surface area contributed by atoms with Crippen LogP contribution in [0.3, 0.4) is 0 Å². The van der Waals surface area contributed by atoms with Crippen molar-refractivity contribution in [2.45, 2.75) is 29.6 Å². The van der Waals surface area contributed by atoms with Crippen molar-refractivity contribution < 1.29 is 21.6 Å². The van der Waals surface area contributed by atoms with E-state index in [1.54, 1.807) is 12.1 Å². The highest BCUT2D eigenvalue weighted by Crippen LogP contribution is 2.28. The van der Waals surface area contributed by atoms with Gasteiger partial charge in [-0.25, -0.2) is 16.8 Å². The lowest BCUT2D eigenvalue weighted by molar-refractivity contribution is 0.417. The van der Waals surface area contributed by atoms with E-state index >= 15 is 0 Å². The van der Waals surface area contributed by atoms with Gasteiger partial charge in [-0.15, -0.1) is 0 Å². The van der Waals surface area contributed by atoms with Crippen LogP contribution >= 0.6 is 0 Å². The minimum absolute atomic E-state index is 0.0218. The van der Waals surface area contributed by atoms with Crippen molar-refractivity contribution >= 4 is 25.7 Å². The zero-order valence-corrected chi connectivity index (χ0v) is 16.8. The van der Waals surface area contributed by atoms with Gasteiger partial charge in [0.25, 0.3) is 10.0 Å². The molecule has 1 saturated heterocycles. The Morgan fingerprint density at radius 3 is 2.11 bits per heavy atom. The molecule has 1 fully saturated rings. The third-order valence-electron chi connectivity index (χ3n) is 4.44. The first-order valence-corrected chi connectivity index (χ1v) is 11.4. The van der Waals surface area contributed by atoms with Gasteiger partial charge in [-0.1, -0.05) is 6.07 Å². The summed E-state index contributed by atoms with van der Waals surface area (Å²) in [5.41, 5.74) is 1.20. The smallest absolute Gasteiger partial charge is 0.262 e. The highest BCUT2D eigenvalue weighted by Gasteiger charge is 2.27. The first kappa shape index (κ1) is 19.7. The molecule has 0 unspecified atom stereocenters. The standard InChI is InChI=1S/C18H22N2O5S2/c1-14-5-10-18(25-2)17(13-14)19-26(21,22)15-6-8-16(9-7-15)27(23,24)20-11-3-4-12-20/h5-10,13,19H,3-4,11-12H2,1-2H3. The molecule has 0 spiro atoms. The van der Waals surface area contributed by atoms with Crippen LogP contribution in [0, 0.1) is 6.92 Å². The van der Waals surface area contributed by atoms with Gasteiger partial charge in [-0.05, 0) is 61.7 Å². The van der Waals surface area contributed by atoms with Crippen molar-refractivity contribution in [3.8, 4) is 5.75 Å².